The van der Waals surface area contributed by atoms with Gasteiger partial charge in [-0.25, -0.2) is 13.8 Å². The fourth-order valence-corrected chi connectivity index (χ4v) is 3.44. The number of pyridine rings is 1. The number of amides is 1. The maximum absolute atomic E-state index is 13.4. The van der Waals surface area contributed by atoms with Crippen molar-refractivity contribution in [2.24, 2.45) is 0 Å². The number of benzene rings is 1. The van der Waals surface area contributed by atoms with Crippen LogP contribution in [0.5, 0.6) is 0 Å². The lowest BCUT2D eigenvalue weighted by Crippen LogP contribution is -2.39. The third-order valence-electron chi connectivity index (χ3n) is 4.59. The molecule has 0 radical (unpaired) electrons. The van der Waals surface area contributed by atoms with Crippen molar-refractivity contribution in [1.82, 2.24) is 20.1 Å². The van der Waals surface area contributed by atoms with Crippen molar-refractivity contribution in [1.29, 1.82) is 0 Å². The Morgan fingerprint density at radius 1 is 1.24 bits per heavy atom. The first-order chi connectivity index (χ1) is 12.1. The third-order valence-corrected chi connectivity index (χ3v) is 4.59. The number of hydrogen-bond donors (Lipinski definition) is 1. The number of aromatic amines is 1. The summed E-state index contributed by atoms with van der Waals surface area (Å²) in [6.45, 7) is 1.04. The zero-order valence-corrected chi connectivity index (χ0v) is 13.4. The third kappa shape index (κ3) is 2.97. The van der Waals surface area contributed by atoms with Gasteiger partial charge in [-0.15, -0.1) is 0 Å². The highest BCUT2D eigenvalue weighted by Gasteiger charge is 2.28. The Morgan fingerprint density at radius 3 is 2.84 bits per heavy atom. The zero-order chi connectivity index (χ0) is 17.4. The fourth-order valence-electron chi connectivity index (χ4n) is 3.44. The lowest BCUT2D eigenvalue weighted by molar-refractivity contribution is 0.0705. The molecule has 1 aromatic carbocycles. The molecule has 3 aromatic rings. The van der Waals surface area contributed by atoms with Gasteiger partial charge in [0.25, 0.3) is 5.91 Å². The molecule has 1 atom stereocenters. The Balaban J connectivity index is 1.59. The van der Waals surface area contributed by atoms with Crippen LogP contribution in [0.1, 0.15) is 34.8 Å². The van der Waals surface area contributed by atoms with E-state index in [-0.39, 0.29) is 17.4 Å². The number of carbonyl (C=O) groups excluding carboxylic acids is 1. The van der Waals surface area contributed by atoms with E-state index in [9.17, 15) is 13.6 Å². The van der Waals surface area contributed by atoms with Gasteiger partial charge in [-0.3, -0.25) is 9.89 Å². The van der Waals surface area contributed by atoms with E-state index < -0.39 is 11.6 Å². The van der Waals surface area contributed by atoms with Gasteiger partial charge in [0.05, 0.1) is 0 Å². The van der Waals surface area contributed by atoms with Gasteiger partial charge in [0.15, 0.2) is 5.65 Å². The van der Waals surface area contributed by atoms with Crippen LogP contribution in [-0.2, 0) is 0 Å². The number of likely N-dealkylation sites (tertiary alicyclic amines) is 1. The predicted octanol–water partition coefficient (Wildman–Crippen LogP) is 3.26. The van der Waals surface area contributed by atoms with E-state index in [1.54, 1.807) is 11.1 Å². The number of H-pyrrole nitrogens is 1. The number of aromatic nitrogens is 3. The summed E-state index contributed by atoms with van der Waals surface area (Å²) in [5, 5.41) is 8.18. The standard InChI is InChI=1S/C18H16F2N4O/c19-13-7-12(8-14(20)9-13)18(25)24-6-2-3-11(10-24)16-15-4-1-5-21-17(15)23-22-16/h1,4-5,7-9,11H,2-3,6,10H2,(H,21,22,23)/t11-/m0/s1. The molecule has 7 heteroatoms. The summed E-state index contributed by atoms with van der Waals surface area (Å²) in [4.78, 5) is 18.5. The molecule has 1 fully saturated rings. The average Bonchev–Trinajstić information content (AvgIpc) is 3.04. The molecular weight excluding hydrogens is 326 g/mol. The number of nitrogens with one attached hydrogen (secondary N) is 1. The number of nitrogens with zero attached hydrogens (tertiary/aromatic N) is 3. The molecule has 4 rings (SSSR count). The van der Waals surface area contributed by atoms with Gasteiger partial charge >= 0.3 is 0 Å². The highest BCUT2D eigenvalue weighted by Crippen LogP contribution is 2.30. The topological polar surface area (TPSA) is 61.9 Å². The summed E-state index contributed by atoms with van der Waals surface area (Å²) in [5.41, 5.74) is 1.63. The number of hydrogen-bond acceptors (Lipinski definition) is 3. The first-order valence-corrected chi connectivity index (χ1v) is 8.16. The molecule has 5 nitrogen and oxygen atoms in total. The van der Waals surface area contributed by atoms with Gasteiger partial charge in [0.1, 0.15) is 11.6 Å². The molecule has 0 unspecified atom stereocenters. The van der Waals surface area contributed by atoms with Gasteiger partial charge in [-0.1, -0.05) is 0 Å². The van der Waals surface area contributed by atoms with Crippen LogP contribution in [0.3, 0.4) is 0 Å². The van der Waals surface area contributed by atoms with E-state index in [1.165, 1.54) is 0 Å². The molecule has 1 N–H and O–H groups in total. The van der Waals surface area contributed by atoms with Gasteiger partial charge < -0.3 is 4.90 Å². The second-order valence-electron chi connectivity index (χ2n) is 6.26. The van der Waals surface area contributed by atoms with Crippen molar-refractivity contribution in [3.8, 4) is 0 Å². The minimum Gasteiger partial charge on any atom is -0.338 e. The van der Waals surface area contributed by atoms with E-state index in [0.717, 1.165) is 42.1 Å². The summed E-state index contributed by atoms with van der Waals surface area (Å²) < 4.78 is 26.8. The maximum atomic E-state index is 13.4. The van der Waals surface area contributed by atoms with Crippen LogP contribution < -0.4 is 0 Å². The highest BCUT2D eigenvalue weighted by atomic mass is 19.1. The summed E-state index contributed by atoms with van der Waals surface area (Å²) in [6, 6.07) is 6.71. The number of fused-ring (bicyclic) bond motifs is 1. The molecule has 128 valence electrons. The number of piperidine rings is 1. The summed E-state index contributed by atoms with van der Waals surface area (Å²) in [6.07, 6.45) is 3.41. The van der Waals surface area contributed by atoms with E-state index in [2.05, 4.69) is 15.2 Å². The molecule has 1 amide bonds. The second kappa shape index (κ2) is 6.23. The van der Waals surface area contributed by atoms with Crippen molar-refractivity contribution >= 4 is 16.9 Å². The Bertz CT molecular complexity index is 919. The molecule has 1 aliphatic rings. The number of carbonyl (C=O) groups is 1. The molecule has 25 heavy (non-hydrogen) atoms. The van der Waals surface area contributed by atoms with Crippen LogP contribution in [-0.4, -0.2) is 39.1 Å². The molecule has 1 saturated heterocycles. The van der Waals surface area contributed by atoms with Crippen molar-refractivity contribution in [3.63, 3.8) is 0 Å². The van der Waals surface area contributed by atoms with Crippen molar-refractivity contribution in [2.45, 2.75) is 18.8 Å². The van der Waals surface area contributed by atoms with Crippen molar-refractivity contribution in [2.75, 3.05) is 13.1 Å². The van der Waals surface area contributed by atoms with Crippen LogP contribution in [0.4, 0.5) is 8.78 Å². The van der Waals surface area contributed by atoms with Crippen LogP contribution in [0.15, 0.2) is 36.5 Å². The van der Waals surface area contributed by atoms with Gasteiger partial charge in [0, 0.05) is 47.9 Å². The lowest BCUT2D eigenvalue weighted by atomic mass is 9.93. The SMILES string of the molecule is O=C(c1cc(F)cc(F)c1)N1CCC[C@H](c2[nH]nc3ncccc23)C1. The van der Waals surface area contributed by atoms with E-state index in [4.69, 9.17) is 0 Å². The van der Waals surface area contributed by atoms with Crippen LogP contribution in [0.25, 0.3) is 11.0 Å². The van der Waals surface area contributed by atoms with Crippen molar-refractivity contribution < 1.29 is 13.6 Å². The molecule has 1 aliphatic heterocycles. The first kappa shape index (κ1) is 15.7. The molecule has 0 aliphatic carbocycles. The Morgan fingerprint density at radius 2 is 2.04 bits per heavy atom. The van der Waals surface area contributed by atoms with Crippen LogP contribution >= 0.6 is 0 Å². The average molecular weight is 342 g/mol. The maximum Gasteiger partial charge on any atom is 0.254 e. The Kier molecular flexibility index (Phi) is 3.91. The molecule has 0 bridgehead atoms. The summed E-state index contributed by atoms with van der Waals surface area (Å²) >= 11 is 0. The van der Waals surface area contributed by atoms with E-state index in [1.807, 2.05) is 12.1 Å². The summed E-state index contributed by atoms with van der Waals surface area (Å²) in [7, 11) is 0. The lowest BCUT2D eigenvalue weighted by Gasteiger charge is -2.32. The normalized spacial score (nSPS) is 17.8. The van der Waals surface area contributed by atoms with E-state index in [0.29, 0.717) is 18.7 Å². The number of halogens is 2. The Hall–Kier alpha value is -2.83. The predicted molar refractivity (Wildman–Crippen MR) is 88.1 cm³/mol. The molecule has 0 saturated carbocycles. The van der Waals surface area contributed by atoms with Crippen molar-refractivity contribution in [3.05, 3.63) is 59.4 Å². The van der Waals surface area contributed by atoms with Gasteiger partial charge in [0.2, 0.25) is 0 Å². The molecule has 3 heterocycles. The molecule has 0 spiro atoms. The monoisotopic (exact) mass is 342 g/mol. The molecule has 2 aromatic heterocycles. The minimum atomic E-state index is -0.748. The molecular formula is C18H16F2N4O. The quantitative estimate of drug-likeness (QED) is 0.778. The van der Waals surface area contributed by atoms with Gasteiger partial charge in [-0.05, 0) is 37.1 Å². The largest absolute Gasteiger partial charge is 0.338 e. The summed E-state index contributed by atoms with van der Waals surface area (Å²) in [5.74, 6) is -1.76. The highest BCUT2D eigenvalue weighted by molar-refractivity contribution is 5.94. The Labute approximate surface area is 142 Å². The fraction of sp³-hybridized carbons (Fsp3) is 0.278. The van der Waals surface area contributed by atoms with Gasteiger partial charge in [-0.2, -0.15) is 5.10 Å². The second-order valence-corrected chi connectivity index (χ2v) is 6.26. The first-order valence-electron chi connectivity index (χ1n) is 8.16. The van der Waals surface area contributed by atoms with E-state index >= 15 is 0 Å². The zero-order valence-electron chi connectivity index (χ0n) is 13.4. The van der Waals surface area contributed by atoms with Crippen LogP contribution in [0.2, 0.25) is 0 Å². The minimum absolute atomic E-state index is 0.0364. The van der Waals surface area contributed by atoms with Crippen LogP contribution in [0, 0.1) is 11.6 Å². The smallest absolute Gasteiger partial charge is 0.254 e. The number of rotatable bonds is 2.